The third-order valence-corrected chi connectivity index (χ3v) is 3.20. The molecule has 0 radical (unpaired) electrons. The van der Waals surface area contributed by atoms with Gasteiger partial charge in [-0.25, -0.2) is 4.98 Å². The monoisotopic (exact) mass is 370 g/mol. The van der Waals surface area contributed by atoms with Gasteiger partial charge in [0, 0.05) is 31.0 Å². The number of nitrogens with one attached hydrogen (secondary N) is 1. The van der Waals surface area contributed by atoms with Gasteiger partial charge in [-0.05, 0) is 38.1 Å². The molecule has 0 fully saturated rings. The van der Waals surface area contributed by atoms with Crippen LogP contribution >= 0.6 is 24.8 Å². The van der Waals surface area contributed by atoms with Crippen LogP contribution in [0.15, 0.2) is 48.7 Å². The van der Waals surface area contributed by atoms with Gasteiger partial charge in [-0.3, -0.25) is 4.79 Å². The molecule has 0 bridgehead atoms. The average Bonchev–Trinajstić information content (AvgIpc) is 2.52. The van der Waals surface area contributed by atoms with E-state index in [1.807, 2.05) is 62.2 Å². The zero-order chi connectivity index (χ0) is 16.2. The average molecular weight is 371 g/mol. The maximum atomic E-state index is 12.0. The molecule has 5 nitrogen and oxygen atoms in total. The number of carbonyl (C=O) groups excluding carboxylic acids is 1. The number of pyridine rings is 1. The van der Waals surface area contributed by atoms with E-state index in [-0.39, 0.29) is 30.7 Å². The summed E-state index contributed by atoms with van der Waals surface area (Å²) in [6.45, 7) is 4.14. The van der Waals surface area contributed by atoms with E-state index in [0.717, 1.165) is 11.5 Å². The van der Waals surface area contributed by atoms with E-state index >= 15 is 0 Å². The first-order valence-electron chi connectivity index (χ1n) is 7.19. The SMILES string of the molecule is CN(c1ccccc1)c1ccc(C(=O)NCC(C)(C)N)cn1.Cl.Cl. The summed E-state index contributed by atoms with van der Waals surface area (Å²) in [6, 6.07) is 13.5. The second kappa shape index (κ2) is 9.47. The summed E-state index contributed by atoms with van der Waals surface area (Å²) in [5, 5.41) is 2.80. The van der Waals surface area contributed by atoms with Crippen molar-refractivity contribution in [3.05, 3.63) is 54.2 Å². The molecular formula is C17H24Cl2N4O. The van der Waals surface area contributed by atoms with E-state index in [1.165, 1.54) is 0 Å². The number of hydrogen-bond donors (Lipinski definition) is 2. The molecule has 24 heavy (non-hydrogen) atoms. The number of para-hydroxylation sites is 1. The second-order valence-corrected chi connectivity index (χ2v) is 5.97. The molecule has 3 N–H and O–H groups in total. The summed E-state index contributed by atoms with van der Waals surface area (Å²) in [5.41, 5.74) is 6.98. The smallest absolute Gasteiger partial charge is 0.252 e. The van der Waals surface area contributed by atoms with Crippen molar-refractivity contribution in [2.75, 3.05) is 18.5 Å². The molecule has 0 atom stereocenters. The Morgan fingerprint density at radius 2 is 1.79 bits per heavy atom. The molecule has 0 spiro atoms. The maximum Gasteiger partial charge on any atom is 0.252 e. The van der Waals surface area contributed by atoms with Crippen LogP contribution in [0.1, 0.15) is 24.2 Å². The van der Waals surface area contributed by atoms with Gasteiger partial charge in [0.05, 0.1) is 5.56 Å². The number of nitrogens with zero attached hydrogens (tertiary/aromatic N) is 2. The van der Waals surface area contributed by atoms with E-state index < -0.39 is 5.54 Å². The van der Waals surface area contributed by atoms with Crippen LogP contribution in [0.25, 0.3) is 0 Å². The molecule has 0 saturated heterocycles. The van der Waals surface area contributed by atoms with Gasteiger partial charge in [-0.1, -0.05) is 18.2 Å². The minimum absolute atomic E-state index is 0. The van der Waals surface area contributed by atoms with E-state index in [0.29, 0.717) is 12.1 Å². The number of aromatic nitrogens is 1. The van der Waals surface area contributed by atoms with Crippen molar-refractivity contribution >= 4 is 42.2 Å². The molecule has 0 unspecified atom stereocenters. The maximum absolute atomic E-state index is 12.0. The molecular weight excluding hydrogens is 347 g/mol. The number of anilines is 2. The lowest BCUT2D eigenvalue weighted by atomic mass is 10.1. The van der Waals surface area contributed by atoms with Gasteiger partial charge < -0.3 is 16.0 Å². The highest BCUT2D eigenvalue weighted by Gasteiger charge is 2.14. The Hall–Kier alpha value is -1.82. The fraction of sp³-hybridized carbons (Fsp3) is 0.294. The van der Waals surface area contributed by atoms with E-state index in [2.05, 4.69) is 10.3 Å². The van der Waals surface area contributed by atoms with Crippen molar-refractivity contribution in [3.8, 4) is 0 Å². The number of halogens is 2. The van der Waals surface area contributed by atoms with Crippen molar-refractivity contribution in [1.29, 1.82) is 0 Å². The quantitative estimate of drug-likeness (QED) is 0.847. The van der Waals surface area contributed by atoms with Gasteiger partial charge in [-0.2, -0.15) is 0 Å². The van der Waals surface area contributed by atoms with Crippen LogP contribution in [-0.2, 0) is 0 Å². The van der Waals surface area contributed by atoms with Crippen LogP contribution in [0, 0.1) is 0 Å². The summed E-state index contributed by atoms with van der Waals surface area (Å²) in [4.78, 5) is 18.3. The molecule has 1 heterocycles. The normalized spacial score (nSPS) is 10.2. The van der Waals surface area contributed by atoms with Crippen LogP contribution in [0.4, 0.5) is 11.5 Å². The Kier molecular flexibility index (Phi) is 8.75. The molecule has 2 aromatic rings. The van der Waals surface area contributed by atoms with Crippen LogP contribution in [0.2, 0.25) is 0 Å². The third-order valence-electron chi connectivity index (χ3n) is 3.20. The van der Waals surface area contributed by atoms with Gasteiger partial charge in [0.1, 0.15) is 5.82 Å². The summed E-state index contributed by atoms with van der Waals surface area (Å²) < 4.78 is 0. The molecule has 7 heteroatoms. The lowest BCUT2D eigenvalue weighted by molar-refractivity contribution is 0.0945. The molecule has 0 aliphatic heterocycles. The minimum atomic E-state index is -0.434. The number of rotatable bonds is 5. The summed E-state index contributed by atoms with van der Waals surface area (Å²) in [5.74, 6) is 0.613. The number of nitrogens with two attached hydrogens (primary N) is 1. The molecule has 1 amide bonds. The third kappa shape index (κ3) is 6.35. The fourth-order valence-corrected chi connectivity index (χ4v) is 1.91. The number of carbonyl (C=O) groups is 1. The molecule has 0 aliphatic carbocycles. The van der Waals surface area contributed by atoms with Crippen LogP contribution < -0.4 is 16.0 Å². The predicted octanol–water partition coefficient (Wildman–Crippen LogP) is 3.16. The minimum Gasteiger partial charge on any atom is -0.350 e. The second-order valence-electron chi connectivity index (χ2n) is 5.97. The van der Waals surface area contributed by atoms with Crippen molar-refractivity contribution < 1.29 is 4.79 Å². The predicted molar refractivity (Wildman–Crippen MR) is 104 cm³/mol. The lowest BCUT2D eigenvalue weighted by Gasteiger charge is -2.20. The van der Waals surface area contributed by atoms with Crippen LogP contribution in [0.5, 0.6) is 0 Å². The summed E-state index contributed by atoms with van der Waals surface area (Å²) in [7, 11) is 1.94. The van der Waals surface area contributed by atoms with Gasteiger partial charge in [0.2, 0.25) is 0 Å². The topological polar surface area (TPSA) is 71.2 Å². The molecule has 132 valence electrons. The van der Waals surface area contributed by atoms with Gasteiger partial charge >= 0.3 is 0 Å². The van der Waals surface area contributed by atoms with Gasteiger partial charge in [0.25, 0.3) is 5.91 Å². The van der Waals surface area contributed by atoms with Crippen LogP contribution in [0.3, 0.4) is 0 Å². The van der Waals surface area contributed by atoms with Crippen molar-refractivity contribution in [2.45, 2.75) is 19.4 Å². The fourth-order valence-electron chi connectivity index (χ4n) is 1.91. The largest absolute Gasteiger partial charge is 0.350 e. The number of hydrogen-bond acceptors (Lipinski definition) is 4. The first kappa shape index (κ1) is 22.2. The van der Waals surface area contributed by atoms with Gasteiger partial charge in [-0.15, -0.1) is 24.8 Å². The van der Waals surface area contributed by atoms with Crippen molar-refractivity contribution in [1.82, 2.24) is 10.3 Å². The highest BCUT2D eigenvalue weighted by atomic mass is 35.5. The van der Waals surface area contributed by atoms with Crippen molar-refractivity contribution in [2.24, 2.45) is 5.73 Å². The summed E-state index contributed by atoms with van der Waals surface area (Å²) >= 11 is 0. The van der Waals surface area contributed by atoms with Crippen LogP contribution in [-0.4, -0.2) is 30.0 Å². The number of benzene rings is 1. The molecule has 0 aliphatic rings. The highest BCUT2D eigenvalue weighted by Crippen LogP contribution is 2.20. The zero-order valence-corrected chi connectivity index (χ0v) is 15.7. The standard InChI is InChI=1S/C17H22N4O.2ClH/c1-17(2,18)12-20-16(22)13-9-10-15(19-11-13)21(3)14-7-5-4-6-8-14;;/h4-11H,12,18H2,1-3H3,(H,20,22);2*1H. The Bertz CT molecular complexity index is 627. The highest BCUT2D eigenvalue weighted by molar-refractivity contribution is 5.94. The van der Waals surface area contributed by atoms with E-state index in [1.54, 1.807) is 12.3 Å². The van der Waals surface area contributed by atoms with E-state index in [9.17, 15) is 4.79 Å². The Morgan fingerprint density at radius 3 is 2.29 bits per heavy atom. The van der Waals surface area contributed by atoms with Gasteiger partial charge in [0.15, 0.2) is 0 Å². The van der Waals surface area contributed by atoms with E-state index in [4.69, 9.17) is 5.73 Å². The lowest BCUT2D eigenvalue weighted by Crippen LogP contribution is -2.45. The first-order valence-corrected chi connectivity index (χ1v) is 7.19. The Morgan fingerprint density at radius 1 is 1.17 bits per heavy atom. The number of amides is 1. The zero-order valence-electron chi connectivity index (χ0n) is 14.0. The Labute approximate surface area is 155 Å². The molecule has 0 saturated carbocycles. The first-order chi connectivity index (χ1) is 10.4. The molecule has 1 aromatic carbocycles. The summed E-state index contributed by atoms with van der Waals surface area (Å²) in [6.07, 6.45) is 1.58. The van der Waals surface area contributed by atoms with Crippen molar-refractivity contribution in [3.63, 3.8) is 0 Å². The molecule has 1 aromatic heterocycles. The molecule has 2 rings (SSSR count). The Balaban J connectivity index is 0.00000264.